The van der Waals surface area contributed by atoms with E-state index in [2.05, 4.69) is 9.99 Å². The highest BCUT2D eigenvalue weighted by atomic mass is 17.1. The van der Waals surface area contributed by atoms with Gasteiger partial charge >= 0.3 is 0 Å². The van der Waals surface area contributed by atoms with E-state index in [0.717, 1.165) is 18.4 Å². The molecule has 1 aliphatic rings. The summed E-state index contributed by atoms with van der Waals surface area (Å²) < 4.78 is 1.28. The first-order valence-electron chi connectivity index (χ1n) is 7.31. The molecule has 0 spiro atoms. The number of phenolic OH excluding ortho intramolecular Hbond substituents is 1. The standard InChI is InChI=1S/C16H18N2O4/c1-3-9-8-11(19)6-7-12(9)13-15(22-21)14(10-4-5-10)17-18(2)16(13)20/h6-8,10,19,21H,3-5H2,1-2H3. The molecule has 0 amide bonds. The second-order valence-electron chi connectivity index (χ2n) is 5.58. The molecular formula is C16H18N2O4. The Bertz CT molecular complexity index is 778. The molecule has 1 aromatic heterocycles. The first-order chi connectivity index (χ1) is 10.6. The van der Waals surface area contributed by atoms with E-state index in [4.69, 9.17) is 0 Å². The van der Waals surface area contributed by atoms with Crippen molar-refractivity contribution in [3.63, 3.8) is 0 Å². The van der Waals surface area contributed by atoms with Crippen LogP contribution in [0.2, 0.25) is 0 Å². The first-order valence-corrected chi connectivity index (χ1v) is 7.31. The lowest BCUT2D eigenvalue weighted by molar-refractivity contribution is -0.138. The van der Waals surface area contributed by atoms with E-state index in [9.17, 15) is 15.2 Å². The van der Waals surface area contributed by atoms with E-state index in [1.807, 2.05) is 6.92 Å². The number of nitrogens with zero attached hydrogens (tertiary/aromatic N) is 2. The molecule has 1 aromatic carbocycles. The van der Waals surface area contributed by atoms with Crippen molar-refractivity contribution in [3.8, 4) is 22.6 Å². The molecule has 0 radical (unpaired) electrons. The highest BCUT2D eigenvalue weighted by molar-refractivity contribution is 5.74. The molecule has 2 aromatic rings. The lowest BCUT2D eigenvalue weighted by Gasteiger charge is -2.14. The second-order valence-corrected chi connectivity index (χ2v) is 5.58. The van der Waals surface area contributed by atoms with Crippen LogP contribution in [-0.4, -0.2) is 20.1 Å². The number of rotatable bonds is 4. The fourth-order valence-electron chi connectivity index (χ4n) is 2.71. The quantitative estimate of drug-likeness (QED) is 0.669. The number of aromatic hydroxyl groups is 1. The molecule has 6 heteroatoms. The average Bonchev–Trinajstić information content (AvgIpc) is 3.34. The van der Waals surface area contributed by atoms with Crippen molar-refractivity contribution >= 4 is 0 Å². The molecule has 6 nitrogen and oxygen atoms in total. The van der Waals surface area contributed by atoms with Gasteiger partial charge in [0.2, 0.25) is 5.75 Å². The maximum absolute atomic E-state index is 12.5. The normalized spacial score (nSPS) is 14.1. The number of hydrogen-bond donors (Lipinski definition) is 2. The van der Waals surface area contributed by atoms with Crippen LogP contribution in [0, 0.1) is 0 Å². The third-order valence-electron chi connectivity index (χ3n) is 4.02. The zero-order valence-electron chi connectivity index (χ0n) is 12.5. The van der Waals surface area contributed by atoms with Crippen molar-refractivity contribution in [1.29, 1.82) is 0 Å². The summed E-state index contributed by atoms with van der Waals surface area (Å²) in [6, 6.07) is 4.81. The smallest absolute Gasteiger partial charge is 0.278 e. The summed E-state index contributed by atoms with van der Waals surface area (Å²) in [6.07, 6.45) is 2.58. The van der Waals surface area contributed by atoms with Crippen LogP contribution in [0.4, 0.5) is 0 Å². The van der Waals surface area contributed by atoms with Crippen molar-refractivity contribution in [2.24, 2.45) is 7.05 Å². The highest BCUT2D eigenvalue weighted by Gasteiger charge is 2.33. The number of aromatic nitrogens is 2. The van der Waals surface area contributed by atoms with Crippen molar-refractivity contribution in [1.82, 2.24) is 9.78 Å². The van der Waals surface area contributed by atoms with Gasteiger partial charge in [0.25, 0.3) is 5.56 Å². The maximum Gasteiger partial charge on any atom is 0.278 e. The Hall–Kier alpha value is -2.34. The number of benzene rings is 1. The topological polar surface area (TPSA) is 84.6 Å². The summed E-state index contributed by atoms with van der Waals surface area (Å²) >= 11 is 0. The Kier molecular flexibility index (Phi) is 3.62. The summed E-state index contributed by atoms with van der Waals surface area (Å²) in [6.45, 7) is 1.94. The monoisotopic (exact) mass is 302 g/mol. The van der Waals surface area contributed by atoms with Crippen LogP contribution in [-0.2, 0) is 13.5 Å². The third kappa shape index (κ3) is 2.35. The van der Waals surface area contributed by atoms with Crippen molar-refractivity contribution in [3.05, 3.63) is 39.8 Å². The largest absolute Gasteiger partial charge is 0.508 e. The minimum absolute atomic E-state index is 0.131. The number of phenols is 1. The molecule has 3 rings (SSSR count). The predicted molar refractivity (Wildman–Crippen MR) is 81.2 cm³/mol. The summed E-state index contributed by atoms with van der Waals surface area (Å²) in [5.74, 6) is 0.487. The molecule has 1 fully saturated rings. The van der Waals surface area contributed by atoms with Gasteiger partial charge in [-0.1, -0.05) is 13.0 Å². The van der Waals surface area contributed by atoms with Gasteiger partial charge < -0.3 is 9.99 Å². The van der Waals surface area contributed by atoms with Crippen LogP contribution >= 0.6 is 0 Å². The fraction of sp³-hybridized carbons (Fsp3) is 0.375. The van der Waals surface area contributed by atoms with Gasteiger partial charge in [0.1, 0.15) is 11.4 Å². The Morgan fingerprint density at radius 3 is 2.73 bits per heavy atom. The van der Waals surface area contributed by atoms with Gasteiger partial charge in [-0.2, -0.15) is 5.10 Å². The van der Waals surface area contributed by atoms with E-state index < -0.39 is 0 Å². The van der Waals surface area contributed by atoms with E-state index in [0.29, 0.717) is 23.2 Å². The summed E-state index contributed by atoms with van der Waals surface area (Å²) in [5.41, 5.74) is 2.01. The van der Waals surface area contributed by atoms with Gasteiger partial charge in [-0.25, -0.2) is 9.94 Å². The summed E-state index contributed by atoms with van der Waals surface area (Å²) in [7, 11) is 1.59. The molecular weight excluding hydrogens is 284 g/mol. The fourth-order valence-corrected chi connectivity index (χ4v) is 2.71. The van der Waals surface area contributed by atoms with E-state index in [-0.39, 0.29) is 23.0 Å². The van der Waals surface area contributed by atoms with Crippen molar-refractivity contribution in [2.45, 2.75) is 32.1 Å². The van der Waals surface area contributed by atoms with Gasteiger partial charge in [-0.3, -0.25) is 4.79 Å². The molecule has 1 heterocycles. The van der Waals surface area contributed by atoms with Gasteiger partial charge in [0.05, 0.1) is 5.56 Å². The molecule has 0 aliphatic heterocycles. The minimum atomic E-state index is -0.339. The van der Waals surface area contributed by atoms with Gasteiger partial charge in [0, 0.05) is 13.0 Å². The zero-order chi connectivity index (χ0) is 15.9. The van der Waals surface area contributed by atoms with E-state index in [1.165, 1.54) is 10.7 Å². The van der Waals surface area contributed by atoms with Crippen molar-refractivity contribution in [2.75, 3.05) is 0 Å². The molecule has 22 heavy (non-hydrogen) atoms. The minimum Gasteiger partial charge on any atom is -0.508 e. The summed E-state index contributed by atoms with van der Waals surface area (Å²) in [4.78, 5) is 17.1. The second kappa shape index (κ2) is 5.46. The first kappa shape index (κ1) is 14.6. The van der Waals surface area contributed by atoms with Crippen LogP contribution in [0.5, 0.6) is 11.5 Å². The Labute approximate surface area is 127 Å². The molecule has 116 valence electrons. The molecule has 0 saturated heterocycles. The molecule has 0 unspecified atom stereocenters. The van der Waals surface area contributed by atoms with Crippen LogP contribution in [0.25, 0.3) is 11.1 Å². The molecule has 1 aliphatic carbocycles. The van der Waals surface area contributed by atoms with Gasteiger partial charge in [-0.15, -0.1) is 0 Å². The highest BCUT2D eigenvalue weighted by Crippen LogP contribution is 2.45. The predicted octanol–water partition coefficient (Wildman–Crippen LogP) is 2.44. The Morgan fingerprint density at radius 1 is 1.41 bits per heavy atom. The van der Waals surface area contributed by atoms with Gasteiger partial charge in [-0.05, 0) is 42.5 Å². The summed E-state index contributed by atoms with van der Waals surface area (Å²) in [5, 5.41) is 23.2. The molecule has 2 N–H and O–H groups in total. The Balaban J connectivity index is 2.32. The SMILES string of the molecule is CCc1cc(O)ccc1-c1c(OO)c(C2CC2)nn(C)c1=O. The third-order valence-corrected chi connectivity index (χ3v) is 4.02. The van der Waals surface area contributed by atoms with Gasteiger partial charge in [0.15, 0.2) is 0 Å². The van der Waals surface area contributed by atoms with Crippen LogP contribution < -0.4 is 10.4 Å². The lowest BCUT2D eigenvalue weighted by Crippen LogP contribution is -2.24. The average molecular weight is 302 g/mol. The number of aryl methyl sites for hydroxylation is 2. The molecule has 0 bridgehead atoms. The van der Waals surface area contributed by atoms with Crippen molar-refractivity contribution < 1.29 is 15.3 Å². The maximum atomic E-state index is 12.5. The molecule has 1 saturated carbocycles. The molecule has 0 atom stereocenters. The Morgan fingerprint density at radius 2 is 2.14 bits per heavy atom. The zero-order valence-corrected chi connectivity index (χ0v) is 12.5. The van der Waals surface area contributed by atoms with E-state index in [1.54, 1.807) is 19.2 Å². The van der Waals surface area contributed by atoms with E-state index >= 15 is 0 Å². The van der Waals surface area contributed by atoms with Crippen LogP contribution in [0.15, 0.2) is 23.0 Å². The van der Waals surface area contributed by atoms with Crippen LogP contribution in [0.1, 0.15) is 36.9 Å². The number of hydrogen-bond acceptors (Lipinski definition) is 5. The van der Waals surface area contributed by atoms with Crippen LogP contribution in [0.3, 0.4) is 0 Å². The lowest BCUT2D eigenvalue weighted by atomic mass is 9.97.